The van der Waals surface area contributed by atoms with Crippen molar-refractivity contribution in [2.45, 2.75) is 26.3 Å². The summed E-state index contributed by atoms with van der Waals surface area (Å²) in [6, 6.07) is 0. The van der Waals surface area contributed by atoms with E-state index >= 15 is 0 Å². The summed E-state index contributed by atoms with van der Waals surface area (Å²) < 4.78 is 31.6. The van der Waals surface area contributed by atoms with Gasteiger partial charge in [0, 0.05) is 20.3 Å². The molecule has 8 heteroatoms. The van der Waals surface area contributed by atoms with Crippen LogP contribution in [0, 0.1) is 6.92 Å². The lowest BCUT2D eigenvalue weighted by Gasteiger charge is -2.06. The lowest BCUT2D eigenvalue weighted by molar-refractivity contribution is -0.121. The average molecular weight is 340 g/mol. The minimum Gasteiger partial charge on any atom is -0.385 e. The summed E-state index contributed by atoms with van der Waals surface area (Å²) in [5.74, 6) is -0.269. The van der Waals surface area contributed by atoms with Crippen LogP contribution in [0.2, 0.25) is 0 Å². The molecular formula is C11H16BrF2N3O2. The van der Waals surface area contributed by atoms with Crippen LogP contribution in [0.25, 0.3) is 0 Å². The molecule has 108 valence electrons. The summed E-state index contributed by atoms with van der Waals surface area (Å²) >= 11 is 3.05. The van der Waals surface area contributed by atoms with Crippen LogP contribution in [0.15, 0.2) is 4.47 Å². The maximum absolute atomic E-state index is 12.6. The third-order valence-corrected chi connectivity index (χ3v) is 3.49. The predicted octanol–water partition coefficient (Wildman–Crippen LogP) is 2.04. The number of methoxy groups -OCH3 is 1. The topological polar surface area (TPSA) is 56.1 Å². The molecule has 1 aromatic heterocycles. The molecule has 0 fully saturated rings. The molecule has 1 aromatic rings. The average Bonchev–Trinajstić information content (AvgIpc) is 2.63. The molecule has 5 nitrogen and oxygen atoms in total. The standard InChI is InChI=1S/C11H16BrF2N3O2/c1-7-9(12)10(11(13)14)16-17(7)6-8(18)15-4-3-5-19-2/h11H,3-6H2,1-2H3,(H,15,18). The van der Waals surface area contributed by atoms with Gasteiger partial charge in [-0.05, 0) is 29.3 Å². The van der Waals surface area contributed by atoms with Gasteiger partial charge in [0.1, 0.15) is 12.2 Å². The molecule has 0 aliphatic rings. The number of alkyl halides is 2. The highest BCUT2D eigenvalue weighted by Gasteiger charge is 2.20. The third kappa shape index (κ3) is 4.54. The fraction of sp³-hybridized carbons (Fsp3) is 0.636. The molecule has 0 atom stereocenters. The lowest BCUT2D eigenvalue weighted by atomic mass is 10.4. The number of carbonyl (C=O) groups is 1. The molecular weight excluding hydrogens is 324 g/mol. The van der Waals surface area contributed by atoms with Crippen LogP contribution < -0.4 is 5.32 Å². The number of hydrogen-bond acceptors (Lipinski definition) is 3. The van der Waals surface area contributed by atoms with Crippen molar-refractivity contribution >= 4 is 21.8 Å². The molecule has 0 aliphatic heterocycles. The Balaban J connectivity index is 2.57. The van der Waals surface area contributed by atoms with Crippen LogP contribution in [0.1, 0.15) is 24.2 Å². The zero-order valence-corrected chi connectivity index (χ0v) is 12.3. The predicted molar refractivity (Wildman–Crippen MR) is 69.1 cm³/mol. The number of amides is 1. The Morgan fingerprint density at radius 1 is 1.58 bits per heavy atom. The number of aromatic nitrogens is 2. The largest absolute Gasteiger partial charge is 0.385 e. The van der Waals surface area contributed by atoms with Crippen molar-refractivity contribution in [3.8, 4) is 0 Å². The first kappa shape index (κ1) is 16.0. The van der Waals surface area contributed by atoms with Crippen molar-refractivity contribution in [1.82, 2.24) is 15.1 Å². The van der Waals surface area contributed by atoms with Crippen LogP contribution in [-0.4, -0.2) is 35.9 Å². The van der Waals surface area contributed by atoms with Crippen molar-refractivity contribution in [3.05, 3.63) is 15.9 Å². The van der Waals surface area contributed by atoms with Crippen molar-refractivity contribution in [1.29, 1.82) is 0 Å². The molecule has 0 spiro atoms. The molecule has 1 amide bonds. The smallest absolute Gasteiger partial charge is 0.283 e. The maximum atomic E-state index is 12.6. The van der Waals surface area contributed by atoms with Gasteiger partial charge in [0.25, 0.3) is 6.43 Å². The van der Waals surface area contributed by atoms with Gasteiger partial charge >= 0.3 is 0 Å². The van der Waals surface area contributed by atoms with Gasteiger partial charge in [-0.2, -0.15) is 5.10 Å². The highest BCUT2D eigenvalue weighted by atomic mass is 79.9. The summed E-state index contributed by atoms with van der Waals surface area (Å²) in [5.41, 5.74) is 0.159. The van der Waals surface area contributed by atoms with Gasteiger partial charge in [-0.1, -0.05) is 0 Å². The zero-order chi connectivity index (χ0) is 14.4. The second-order valence-corrected chi connectivity index (χ2v) is 4.73. The Bertz CT molecular complexity index is 438. The number of nitrogens with zero attached hydrogens (tertiary/aromatic N) is 2. The second kappa shape index (κ2) is 7.54. The fourth-order valence-corrected chi connectivity index (χ4v) is 1.93. The highest BCUT2D eigenvalue weighted by Crippen LogP contribution is 2.28. The number of nitrogens with one attached hydrogen (secondary N) is 1. The van der Waals surface area contributed by atoms with Crippen LogP contribution >= 0.6 is 15.9 Å². The molecule has 19 heavy (non-hydrogen) atoms. The van der Waals surface area contributed by atoms with Gasteiger partial charge < -0.3 is 10.1 Å². The molecule has 0 unspecified atom stereocenters. The number of ether oxygens (including phenoxy) is 1. The molecule has 0 aromatic carbocycles. The Hall–Kier alpha value is -1.02. The molecule has 0 saturated carbocycles. The molecule has 1 heterocycles. The normalized spacial score (nSPS) is 11.1. The molecule has 0 bridgehead atoms. The van der Waals surface area contributed by atoms with E-state index in [-0.39, 0.29) is 22.6 Å². The highest BCUT2D eigenvalue weighted by molar-refractivity contribution is 9.10. The van der Waals surface area contributed by atoms with E-state index < -0.39 is 6.43 Å². The minimum atomic E-state index is -2.67. The summed E-state index contributed by atoms with van der Waals surface area (Å²) in [7, 11) is 1.58. The first-order valence-corrected chi connectivity index (χ1v) is 6.53. The van der Waals surface area contributed by atoms with Gasteiger partial charge in [0.15, 0.2) is 0 Å². The summed E-state index contributed by atoms with van der Waals surface area (Å²) in [4.78, 5) is 11.6. The summed E-state index contributed by atoms with van der Waals surface area (Å²) in [6.07, 6.45) is -1.97. The fourth-order valence-electron chi connectivity index (χ4n) is 1.48. The van der Waals surface area contributed by atoms with E-state index in [1.807, 2.05) is 0 Å². The monoisotopic (exact) mass is 339 g/mol. The second-order valence-electron chi connectivity index (χ2n) is 3.94. The Morgan fingerprint density at radius 3 is 2.79 bits per heavy atom. The Labute approximate surface area is 118 Å². The quantitative estimate of drug-likeness (QED) is 0.773. The van der Waals surface area contributed by atoms with Crippen LogP contribution in [-0.2, 0) is 16.1 Å². The molecule has 1 rings (SSSR count). The summed E-state index contributed by atoms with van der Waals surface area (Å²) in [6.45, 7) is 2.59. The van der Waals surface area contributed by atoms with Crippen molar-refractivity contribution in [3.63, 3.8) is 0 Å². The van der Waals surface area contributed by atoms with E-state index in [2.05, 4.69) is 26.3 Å². The molecule has 0 aliphatic carbocycles. The number of halogens is 3. The molecule has 0 radical (unpaired) electrons. The number of rotatable bonds is 7. The SMILES string of the molecule is COCCCNC(=O)Cn1nc(C(F)F)c(Br)c1C. The molecule has 1 N–H and O–H groups in total. The van der Waals surface area contributed by atoms with Gasteiger partial charge in [0.05, 0.1) is 10.2 Å². The first-order chi connectivity index (χ1) is 8.97. The van der Waals surface area contributed by atoms with Crippen LogP contribution in [0.5, 0.6) is 0 Å². The first-order valence-electron chi connectivity index (χ1n) is 5.74. The van der Waals surface area contributed by atoms with Crippen LogP contribution in [0.4, 0.5) is 8.78 Å². The lowest BCUT2D eigenvalue weighted by Crippen LogP contribution is -2.29. The van der Waals surface area contributed by atoms with E-state index in [1.54, 1.807) is 14.0 Å². The Kier molecular flexibility index (Phi) is 6.36. The van der Waals surface area contributed by atoms with E-state index in [4.69, 9.17) is 4.74 Å². The van der Waals surface area contributed by atoms with Gasteiger partial charge in [0.2, 0.25) is 5.91 Å². The van der Waals surface area contributed by atoms with E-state index in [0.717, 1.165) is 0 Å². The Morgan fingerprint density at radius 2 is 2.26 bits per heavy atom. The van der Waals surface area contributed by atoms with Gasteiger partial charge in [-0.15, -0.1) is 0 Å². The van der Waals surface area contributed by atoms with Gasteiger partial charge in [-0.25, -0.2) is 8.78 Å². The van der Waals surface area contributed by atoms with Gasteiger partial charge in [-0.3, -0.25) is 9.48 Å². The van der Waals surface area contributed by atoms with Crippen molar-refractivity contribution in [2.24, 2.45) is 0 Å². The third-order valence-electron chi connectivity index (χ3n) is 2.51. The van der Waals surface area contributed by atoms with Crippen molar-refractivity contribution in [2.75, 3.05) is 20.3 Å². The number of hydrogen-bond donors (Lipinski definition) is 1. The maximum Gasteiger partial charge on any atom is 0.283 e. The number of carbonyl (C=O) groups excluding carboxylic acids is 1. The van der Waals surface area contributed by atoms with Crippen LogP contribution in [0.3, 0.4) is 0 Å². The van der Waals surface area contributed by atoms with E-state index in [1.165, 1.54) is 4.68 Å². The van der Waals surface area contributed by atoms with Crippen molar-refractivity contribution < 1.29 is 18.3 Å². The van der Waals surface area contributed by atoms with E-state index in [9.17, 15) is 13.6 Å². The minimum absolute atomic E-state index is 0.0792. The molecule has 0 saturated heterocycles. The zero-order valence-electron chi connectivity index (χ0n) is 10.8. The van der Waals surface area contributed by atoms with E-state index in [0.29, 0.717) is 25.3 Å². The summed E-state index contributed by atoms with van der Waals surface area (Å²) in [5, 5.41) is 6.40.